The van der Waals surface area contributed by atoms with Crippen LogP contribution in [-0.2, 0) is 0 Å². The van der Waals surface area contributed by atoms with Crippen molar-refractivity contribution in [3.8, 4) is 11.1 Å². The fourth-order valence-corrected chi connectivity index (χ4v) is 1.74. The molecule has 0 N–H and O–H groups in total. The van der Waals surface area contributed by atoms with Crippen molar-refractivity contribution in [2.75, 3.05) is 0 Å². The highest BCUT2D eigenvalue weighted by Crippen LogP contribution is 2.21. The predicted molar refractivity (Wildman–Crippen MR) is 71.4 cm³/mol. The van der Waals surface area contributed by atoms with Crippen LogP contribution in [0.15, 0.2) is 48.5 Å². The molecular formula is C15H15B. The molecule has 0 aliphatic carbocycles. The highest BCUT2D eigenvalue weighted by molar-refractivity contribution is 6.32. The summed E-state index contributed by atoms with van der Waals surface area (Å²) < 4.78 is 0. The van der Waals surface area contributed by atoms with E-state index >= 15 is 0 Å². The molecule has 0 aliphatic rings. The molecule has 2 aromatic rings. The van der Waals surface area contributed by atoms with Gasteiger partial charge in [0, 0.05) is 0 Å². The topological polar surface area (TPSA) is 0 Å². The maximum atomic E-state index is 5.67. The van der Waals surface area contributed by atoms with Crippen LogP contribution < -0.4 is 5.46 Å². The molecule has 0 aliphatic heterocycles. The third-order valence-corrected chi connectivity index (χ3v) is 2.82. The van der Waals surface area contributed by atoms with E-state index in [9.17, 15) is 0 Å². The maximum absolute atomic E-state index is 5.67. The van der Waals surface area contributed by atoms with E-state index in [0.29, 0.717) is 5.92 Å². The first kappa shape index (κ1) is 11.0. The smallest absolute Gasteiger partial charge is 0.0966 e. The molecule has 0 fully saturated rings. The highest BCUT2D eigenvalue weighted by atomic mass is 14.0. The van der Waals surface area contributed by atoms with Crippen LogP contribution in [0.1, 0.15) is 25.3 Å². The van der Waals surface area contributed by atoms with E-state index < -0.39 is 0 Å². The lowest BCUT2D eigenvalue weighted by Crippen LogP contribution is -1.99. The zero-order valence-corrected chi connectivity index (χ0v) is 9.77. The van der Waals surface area contributed by atoms with Crippen molar-refractivity contribution in [1.29, 1.82) is 0 Å². The lowest BCUT2D eigenvalue weighted by Gasteiger charge is -2.07. The molecule has 0 amide bonds. The molecule has 2 rings (SSSR count). The van der Waals surface area contributed by atoms with Crippen LogP contribution >= 0.6 is 0 Å². The molecule has 0 saturated carbocycles. The van der Waals surface area contributed by atoms with Crippen molar-refractivity contribution < 1.29 is 0 Å². The van der Waals surface area contributed by atoms with Gasteiger partial charge in [0.1, 0.15) is 7.85 Å². The summed E-state index contributed by atoms with van der Waals surface area (Å²) in [5.41, 5.74) is 4.63. The van der Waals surface area contributed by atoms with E-state index in [2.05, 4.69) is 50.2 Å². The van der Waals surface area contributed by atoms with Crippen molar-refractivity contribution in [3.63, 3.8) is 0 Å². The van der Waals surface area contributed by atoms with Crippen LogP contribution in [0.5, 0.6) is 0 Å². The Morgan fingerprint density at radius 2 is 1.19 bits per heavy atom. The van der Waals surface area contributed by atoms with Crippen molar-refractivity contribution in [2.24, 2.45) is 0 Å². The second-order valence-electron chi connectivity index (χ2n) is 4.40. The van der Waals surface area contributed by atoms with Gasteiger partial charge in [-0.1, -0.05) is 67.8 Å². The number of rotatable bonds is 2. The predicted octanol–water partition coefficient (Wildman–Crippen LogP) is 3.27. The monoisotopic (exact) mass is 206 g/mol. The Morgan fingerprint density at radius 3 is 1.62 bits per heavy atom. The van der Waals surface area contributed by atoms with Gasteiger partial charge in [0.05, 0.1) is 0 Å². The molecule has 2 aromatic carbocycles. The molecule has 0 spiro atoms. The van der Waals surface area contributed by atoms with Gasteiger partial charge in [-0.15, -0.1) is 0 Å². The molecule has 2 radical (unpaired) electrons. The lowest BCUT2D eigenvalue weighted by molar-refractivity contribution is 0.867. The van der Waals surface area contributed by atoms with Gasteiger partial charge in [-0.25, -0.2) is 0 Å². The molecule has 0 atom stereocenters. The normalized spacial score (nSPS) is 10.7. The Morgan fingerprint density at radius 1 is 0.750 bits per heavy atom. The minimum Gasteiger partial charge on any atom is -0.0966 e. The Balaban J connectivity index is 2.31. The van der Waals surface area contributed by atoms with Gasteiger partial charge in [0.2, 0.25) is 0 Å². The van der Waals surface area contributed by atoms with E-state index in [-0.39, 0.29) is 0 Å². The molecule has 0 nitrogen and oxygen atoms in total. The van der Waals surface area contributed by atoms with Gasteiger partial charge >= 0.3 is 0 Å². The Bertz CT molecular complexity index is 452. The average Bonchev–Trinajstić information content (AvgIpc) is 2.30. The third kappa shape index (κ3) is 2.36. The van der Waals surface area contributed by atoms with Gasteiger partial charge < -0.3 is 0 Å². The maximum Gasteiger partial charge on any atom is 0.113 e. The summed E-state index contributed by atoms with van der Waals surface area (Å²) in [5, 5.41) is 0. The quantitative estimate of drug-likeness (QED) is 0.661. The highest BCUT2D eigenvalue weighted by Gasteiger charge is 2.00. The fourth-order valence-electron chi connectivity index (χ4n) is 1.74. The summed E-state index contributed by atoms with van der Waals surface area (Å²) in [5.74, 6) is 0.584. The van der Waals surface area contributed by atoms with Crippen LogP contribution in [-0.4, -0.2) is 7.85 Å². The second-order valence-corrected chi connectivity index (χ2v) is 4.40. The lowest BCUT2D eigenvalue weighted by atomic mass is 9.93. The summed E-state index contributed by atoms with van der Waals surface area (Å²) in [4.78, 5) is 0. The first-order valence-electron chi connectivity index (χ1n) is 5.62. The Hall–Kier alpha value is -1.50. The van der Waals surface area contributed by atoms with Crippen molar-refractivity contribution in [3.05, 3.63) is 54.1 Å². The Labute approximate surface area is 98.7 Å². The molecule has 0 saturated heterocycles. The van der Waals surface area contributed by atoms with E-state index in [1.54, 1.807) is 0 Å². The molecule has 78 valence electrons. The van der Waals surface area contributed by atoms with E-state index in [1.165, 1.54) is 16.7 Å². The molecule has 0 unspecified atom stereocenters. The van der Waals surface area contributed by atoms with Gasteiger partial charge in [0.15, 0.2) is 0 Å². The van der Waals surface area contributed by atoms with Gasteiger partial charge in [0.25, 0.3) is 0 Å². The van der Waals surface area contributed by atoms with Crippen LogP contribution in [0.3, 0.4) is 0 Å². The summed E-state index contributed by atoms with van der Waals surface area (Å²) in [6.07, 6.45) is 0. The molecule has 0 aromatic heterocycles. The zero-order valence-electron chi connectivity index (χ0n) is 9.77. The van der Waals surface area contributed by atoms with E-state index in [4.69, 9.17) is 7.85 Å². The molecule has 16 heavy (non-hydrogen) atoms. The van der Waals surface area contributed by atoms with Crippen molar-refractivity contribution in [2.45, 2.75) is 19.8 Å². The third-order valence-electron chi connectivity index (χ3n) is 2.82. The van der Waals surface area contributed by atoms with Crippen molar-refractivity contribution in [1.82, 2.24) is 0 Å². The van der Waals surface area contributed by atoms with Gasteiger partial charge in [-0.2, -0.15) is 0 Å². The zero-order chi connectivity index (χ0) is 11.5. The first-order chi connectivity index (χ1) is 7.66. The molecule has 0 heterocycles. The summed E-state index contributed by atoms with van der Waals surface area (Å²) in [7, 11) is 5.67. The van der Waals surface area contributed by atoms with Gasteiger partial charge in [-0.3, -0.25) is 0 Å². The summed E-state index contributed by atoms with van der Waals surface area (Å²) in [6, 6.07) is 16.7. The number of benzene rings is 2. The number of hydrogen-bond acceptors (Lipinski definition) is 0. The van der Waals surface area contributed by atoms with Gasteiger partial charge in [-0.05, 0) is 22.6 Å². The summed E-state index contributed by atoms with van der Waals surface area (Å²) in [6.45, 7) is 4.41. The standard InChI is InChI=1S/C15H15B/c1-11(2)12-3-5-13(6-4-12)14-7-9-15(16)10-8-14/h3-11H,1-2H3. The van der Waals surface area contributed by atoms with Crippen LogP contribution in [0.2, 0.25) is 0 Å². The first-order valence-corrected chi connectivity index (χ1v) is 5.62. The molecule has 1 heteroatoms. The van der Waals surface area contributed by atoms with Crippen molar-refractivity contribution >= 4 is 13.3 Å². The minimum absolute atomic E-state index is 0.584. The van der Waals surface area contributed by atoms with E-state index in [1.807, 2.05) is 12.1 Å². The summed E-state index contributed by atoms with van der Waals surface area (Å²) >= 11 is 0. The second kappa shape index (κ2) is 4.57. The van der Waals surface area contributed by atoms with Crippen LogP contribution in [0.25, 0.3) is 11.1 Å². The molecule has 0 bridgehead atoms. The fraction of sp³-hybridized carbons (Fsp3) is 0.200. The van der Waals surface area contributed by atoms with Crippen LogP contribution in [0, 0.1) is 0 Å². The minimum atomic E-state index is 0.584. The molecular weight excluding hydrogens is 191 g/mol. The van der Waals surface area contributed by atoms with Crippen LogP contribution in [0.4, 0.5) is 0 Å². The largest absolute Gasteiger partial charge is 0.113 e. The van der Waals surface area contributed by atoms with E-state index in [0.717, 1.165) is 5.46 Å². The average molecular weight is 206 g/mol. The number of hydrogen-bond donors (Lipinski definition) is 0. The Kier molecular flexibility index (Phi) is 3.14. The SMILES string of the molecule is [B]c1ccc(-c2ccc(C(C)C)cc2)cc1.